The lowest BCUT2D eigenvalue weighted by molar-refractivity contribution is 0.0768. The summed E-state index contributed by atoms with van der Waals surface area (Å²) in [4.78, 5) is 0. The van der Waals surface area contributed by atoms with Gasteiger partial charge in [-0.15, -0.1) is 0 Å². The van der Waals surface area contributed by atoms with Crippen LogP contribution in [-0.4, -0.2) is 20.8 Å². The highest BCUT2D eigenvalue weighted by Crippen LogP contribution is 2.29. The van der Waals surface area contributed by atoms with E-state index in [1.165, 1.54) is 19.3 Å². The summed E-state index contributed by atoms with van der Waals surface area (Å²) in [5.41, 5.74) is 2.27. The highest BCUT2D eigenvalue weighted by molar-refractivity contribution is 5.36. The topological polar surface area (TPSA) is 27.7 Å². The Balaban J connectivity index is 2.12. The number of rotatable bonds is 10. The third kappa shape index (κ3) is 5.27. The molecule has 0 aliphatic heterocycles. The number of hydrogen-bond acceptors (Lipinski definition) is 3. The van der Waals surface area contributed by atoms with Crippen molar-refractivity contribution in [2.45, 2.75) is 38.7 Å². The fourth-order valence-electron chi connectivity index (χ4n) is 2.67. The highest BCUT2D eigenvalue weighted by atomic mass is 16.5. The van der Waals surface area contributed by atoms with Crippen LogP contribution in [0.3, 0.4) is 0 Å². The van der Waals surface area contributed by atoms with E-state index in [1.807, 2.05) is 24.3 Å². The normalized spacial score (nSPS) is 10.8. The molecule has 2 aromatic rings. The first kappa shape index (κ1) is 18.3. The van der Waals surface area contributed by atoms with Gasteiger partial charge in [0.05, 0.1) is 14.2 Å². The molecule has 0 radical (unpaired) electrons. The van der Waals surface area contributed by atoms with Crippen LogP contribution >= 0.6 is 0 Å². The van der Waals surface area contributed by atoms with E-state index in [9.17, 15) is 0 Å². The molecule has 3 heteroatoms. The second-order valence-electron chi connectivity index (χ2n) is 5.86. The van der Waals surface area contributed by atoms with Gasteiger partial charge in [-0.3, -0.25) is 0 Å². The lowest BCUT2D eigenvalue weighted by atomic mass is 10.0. The lowest BCUT2D eigenvalue weighted by Gasteiger charge is -2.20. The van der Waals surface area contributed by atoms with Gasteiger partial charge in [-0.05, 0) is 41.8 Å². The Kier molecular flexibility index (Phi) is 7.63. The van der Waals surface area contributed by atoms with Crippen molar-refractivity contribution in [2.24, 2.45) is 0 Å². The second-order valence-corrected chi connectivity index (χ2v) is 5.86. The standard InChI is InChI=1S/C21H28O3/c1-4-5-6-7-16-24-21(17-8-12-19(22-2)13-9-17)18-10-14-20(23-3)15-11-18/h8-15,21H,4-7,16H2,1-3H3. The van der Waals surface area contributed by atoms with E-state index in [0.717, 1.165) is 35.7 Å². The first-order chi connectivity index (χ1) is 11.8. The van der Waals surface area contributed by atoms with Crippen molar-refractivity contribution in [1.82, 2.24) is 0 Å². The van der Waals surface area contributed by atoms with Crippen LogP contribution in [0, 0.1) is 0 Å². The van der Waals surface area contributed by atoms with Crippen molar-refractivity contribution >= 4 is 0 Å². The molecule has 2 rings (SSSR count). The van der Waals surface area contributed by atoms with Gasteiger partial charge in [0.2, 0.25) is 0 Å². The van der Waals surface area contributed by atoms with E-state index in [0.29, 0.717) is 0 Å². The minimum absolute atomic E-state index is 0.0663. The molecular formula is C21H28O3. The summed E-state index contributed by atoms with van der Waals surface area (Å²) in [5.74, 6) is 1.71. The molecule has 0 saturated carbocycles. The Morgan fingerprint density at radius 2 is 1.21 bits per heavy atom. The third-order valence-electron chi connectivity index (χ3n) is 4.12. The average Bonchev–Trinajstić information content (AvgIpc) is 2.65. The molecule has 0 aliphatic rings. The molecule has 130 valence electrons. The smallest absolute Gasteiger partial charge is 0.118 e. The Hall–Kier alpha value is -2.00. The number of unbranched alkanes of at least 4 members (excludes halogenated alkanes) is 3. The summed E-state index contributed by atoms with van der Waals surface area (Å²) in [6.07, 6.45) is 4.74. The van der Waals surface area contributed by atoms with Gasteiger partial charge in [-0.25, -0.2) is 0 Å². The predicted molar refractivity (Wildman–Crippen MR) is 97.9 cm³/mol. The molecule has 0 bridgehead atoms. The molecule has 0 aliphatic carbocycles. The van der Waals surface area contributed by atoms with E-state index in [-0.39, 0.29) is 6.10 Å². The van der Waals surface area contributed by atoms with Gasteiger partial charge in [-0.1, -0.05) is 50.5 Å². The van der Waals surface area contributed by atoms with Crippen molar-refractivity contribution in [3.05, 3.63) is 59.7 Å². The molecule has 3 nitrogen and oxygen atoms in total. The van der Waals surface area contributed by atoms with Crippen LogP contribution in [0.2, 0.25) is 0 Å². The molecule has 0 unspecified atom stereocenters. The number of ether oxygens (including phenoxy) is 3. The maximum absolute atomic E-state index is 6.23. The van der Waals surface area contributed by atoms with E-state index in [1.54, 1.807) is 14.2 Å². The Morgan fingerprint density at radius 1 is 0.708 bits per heavy atom. The zero-order chi connectivity index (χ0) is 17.2. The molecular weight excluding hydrogens is 300 g/mol. The number of benzene rings is 2. The predicted octanol–water partition coefficient (Wildman–Crippen LogP) is 5.39. The fraction of sp³-hybridized carbons (Fsp3) is 0.429. The zero-order valence-corrected chi connectivity index (χ0v) is 15.0. The molecule has 2 aromatic carbocycles. The summed E-state index contributed by atoms with van der Waals surface area (Å²) in [5, 5.41) is 0. The largest absolute Gasteiger partial charge is 0.497 e. The fourth-order valence-corrected chi connectivity index (χ4v) is 2.67. The van der Waals surface area contributed by atoms with Crippen molar-refractivity contribution in [3.63, 3.8) is 0 Å². The van der Waals surface area contributed by atoms with E-state index in [2.05, 4.69) is 31.2 Å². The molecule has 0 atom stereocenters. The van der Waals surface area contributed by atoms with E-state index >= 15 is 0 Å². The maximum atomic E-state index is 6.23. The van der Waals surface area contributed by atoms with Crippen LogP contribution in [0.15, 0.2) is 48.5 Å². The Bertz CT molecular complexity index is 528. The monoisotopic (exact) mass is 328 g/mol. The van der Waals surface area contributed by atoms with Gasteiger partial charge >= 0.3 is 0 Å². The molecule has 0 aromatic heterocycles. The maximum Gasteiger partial charge on any atom is 0.118 e. The zero-order valence-electron chi connectivity index (χ0n) is 15.0. The summed E-state index contributed by atoms with van der Waals surface area (Å²) in [7, 11) is 3.36. The van der Waals surface area contributed by atoms with Crippen LogP contribution in [0.1, 0.15) is 49.8 Å². The van der Waals surface area contributed by atoms with Crippen molar-refractivity contribution in [1.29, 1.82) is 0 Å². The van der Waals surface area contributed by atoms with Crippen molar-refractivity contribution < 1.29 is 14.2 Å². The molecule has 0 heterocycles. The molecule has 24 heavy (non-hydrogen) atoms. The van der Waals surface area contributed by atoms with E-state index < -0.39 is 0 Å². The summed E-state index contributed by atoms with van der Waals surface area (Å²) >= 11 is 0. The minimum atomic E-state index is -0.0663. The molecule has 0 fully saturated rings. The van der Waals surface area contributed by atoms with Gasteiger partial charge in [0, 0.05) is 6.61 Å². The number of methoxy groups -OCH3 is 2. The second kappa shape index (κ2) is 9.99. The van der Waals surface area contributed by atoms with E-state index in [4.69, 9.17) is 14.2 Å². The first-order valence-corrected chi connectivity index (χ1v) is 8.68. The van der Waals surface area contributed by atoms with Gasteiger partial charge in [-0.2, -0.15) is 0 Å². The summed E-state index contributed by atoms with van der Waals surface area (Å²) < 4.78 is 16.7. The quantitative estimate of drug-likeness (QED) is 0.547. The molecule has 0 spiro atoms. The minimum Gasteiger partial charge on any atom is -0.497 e. The van der Waals surface area contributed by atoms with Crippen molar-refractivity contribution in [2.75, 3.05) is 20.8 Å². The average molecular weight is 328 g/mol. The Morgan fingerprint density at radius 3 is 1.62 bits per heavy atom. The first-order valence-electron chi connectivity index (χ1n) is 8.68. The third-order valence-corrected chi connectivity index (χ3v) is 4.12. The molecule has 0 saturated heterocycles. The van der Waals surface area contributed by atoms with Crippen LogP contribution in [-0.2, 0) is 4.74 Å². The lowest BCUT2D eigenvalue weighted by Crippen LogP contribution is -2.08. The van der Waals surface area contributed by atoms with Crippen LogP contribution < -0.4 is 9.47 Å². The number of hydrogen-bond donors (Lipinski definition) is 0. The molecule has 0 N–H and O–H groups in total. The van der Waals surface area contributed by atoms with Crippen LogP contribution in [0.4, 0.5) is 0 Å². The van der Waals surface area contributed by atoms with Crippen LogP contribution in [0.25, 0.3) is 0 Å². The molecule has 0 amide bonds. The van der Waals surface area contributed by atoms with Gasteiger partial charge in [0.25, 0.3) is 0 Å². The SMILES string of the molecule is CCCCCCOC(c1ccc(OC)cc1)c1ccc(OC)cc1. The Labute approximate surface area is 145 Å². The van der Waals surface area contributed by atoms with Gasteiger partial charge in [0.1, 0.15) is 17.6 Å². The summed E-state index contributed by atoms with van der Waals surface area (Å²) in [6, 6.07) is 16.2. The highest BCUT2D eigenvalue weighted by Gasteiger charge is 2.15. The van der Waals surface area contributed by atoms with Gasteiger partial charge < -0.3 is 14.2 Å². The summed E-state index contributed by atoms with van der Waals surface area (Å²) in [6.45, 7) is 2.99. The van der Waals surface area contributed by atoms with Crippen molar-refractivity contribution in [3.8, 4) is 11.5 Å². The van der Waals surface area contributed by atoms with Gasteiger partial charge in [0.15, 0.2) is 0 Å². The van der Waals surface area contributed by atoms with Crippen LogP contribution in [0.5, 0.6) is 11.5 Å².